The lowest BCUT2D eigenvalue weighted by Crippen LogP contribution is -2.31. The molecule has 0 unspecified atom stereocenters. The van der Waals surface area contributed by atoms with E-state index in [4.69, 9.17) is 4.74 Å². The highest BCUT2D eigenvalue weighted by Gasteiger charge is 2.31. The number of alkyl halides is 4. The van der Waals surface area contributed by atoms with Crippen LogP contribution in [0.5, 0.6) is 17.2 Å². The van der Waals surface area contributed by atoms with Crippen LogP contribution in [0, 0.1) is 0 Å². The minimum atomic E-state index is -2.98. The monoisotopic (exact) mass is 439 g/mol. The van der Waals surface area contributed by atoms with Crippen LogP contribution in [-0.4, -0.2) is 37.2 Å². The highest BCUT2D eigenvalue weighted by atomic mass is 19.3. The second-order valence-corrected chi connectivity index (χ2v) is 6.81. The van der Waals surface area contributed by atoms with E-state index in [2.05, 4.69) is 9.47 Å². The van der Waals surface area contributed by atoms with Crippen molar-refractivity contribution in [2.24, 2.45) is 0 Å². The van der Waals surface area contributed by atoms with Crippen molar-refractivity contribution in [2.75, 3.05) is 7.11 Å². The second-order valence-electron chi connectivity index (χ2n) is 6.81. The number of benzene rings is 2. The van der Waals surface area contributed by atoms with Gasteiger partial charge in [-0.1, -0.05) is 24.3 Å². The summed E-state index contributed by atoms with van der Waals surface area (Å²) in [5.41, 5.74) is 1.02. The molecule has 31 heavy (non-hydrogen) atoms. The lowest BCUT2D eigenvalue weighted by atomic mass is 10.1. The molecular formula is C22H21F4NO4. The summed E-state index contributed by atoms with van der Waals surface area (Å²) in [6.45, 7) is -5.72. The van der Waals surface area contributed by atoms with Gasteiger partial charge in [-0.05, 0) is 42.7 Å². The van der Waals surface area contributed by atoms with Crippen LogP contribution in [0.25, 0.3) is 6.08 Å². The van der Waals surface area contributed by atoms with E-state index in [1.165, 1.54) is 37.5 Å². The second kappa shape index (κ2) is 10.2. The molecule has 1 saturated carbocycles. The van der Waals surface area contributed by atoms with Crippen molar-refractivity contribution in [3.05, 3.63) is 59.7 Å². The fourth-order valence-electron chi connectivity index (χ4n) is 3.05. The van der Waals surface area contributed by atoms with Gasteiger partial charge in [-0.15, -0.1) is 0 Å². The average Bonchev–Trinajstić information content (AvgIpc) is 3.56. The van der Waals surface area contributed by atoms with Gasteiger partial charge >= 0.3 is 13.2 Å². The summed E-state index contributed by atoms with van der Waals surface area (Å²) in [5, 5.41) is 0. The Kier molecular flexibility index (Phi) is 7.38. The van der Waals surface area contributed by atoms with E-state index in [-0.39, 0.29) is 35.7 Å². The third-order valence-electron chi connectivity index (χ3n) is 4.61. The van der Waals surface area contributed by atoms with Crippen molar-refractivity contribution in [1.29, 1.82) is 0 Å². The van der Waals surface area contributed by atoms with Gasteiger partial charge in [-0.3, -0.25) is 4.79 Å². The van der Waals surface area contributed by atoms with Crippen molar-refractivity contribution in [1.82, 2.24) is 4.90 Å². The summed E-state index contributed by atoms with van der Waals surface area (Å²) in [6.07, 6.45) is 4.41. The van der Waals surface area contributed by atoms with Crippen LogP contribution in [0.3, 0.4) is 0 Å². The molecule has 1 aliphatic rings. The zero-order chi connectivity index (χ0) is 22.4. The van der Waals surface area contributed by atoms with E-state index in [1.54, 1.807) is 29.2 Å². The van der Waals surface area contributed by atoms with E-state index < -0.39 is 13.2 Å². The first-order valence-electron chi connectivity index (χ1n) is 9.51. The molecule has 2 aromatic carbocycles. The van der Waals surface area contributed by atoms with Gasteiger partial charge in [0.1, 0.15) is 5.75 Å². The van der Waals surface area contributed by atoms with Gasteiger partial charge in [0, 0.05) is 24.2 Å². The quantitative estimate of drug-likeness (QED) is 0.382. The molecule has 0 N–H and O–H groups in total. The van der Waals surface area contributed by atoms with E-state index in [0.717, 1.165) is 12.8 Å². The zero-order valence-electron chi connectivity index (χ0n) is 16.6. The molecule has 0 bridgehead atoms. The summed E-state index contributed by atoms with van der Waals surface area (Å²) in [7, 11) is 1.34. The highest BCUT2D eigenvalue weighted by molar-refractivity contribution is 5.92. The molecule has 0 radical (unpaired) electrons. The van der Waals surface area contributed by atoms with Gasteiger partial charge in [0.05, 0.1) is 7.11 Å². The Morgan fingerprint density at radius 1 is 1.03 bits per heavy atom. The number of carbonyl (C=O) groups is 1. The lowest BCUT2D eigenvalue weighted by molar-refractivity contribution is -0.127. The first kappa shape index (κ1) is 22.5. The first-order valence-corrected chi connectivity index (χ1v) is 9.51. The van der Waals surface area contributed by atoms with Gasteiger partial charge in [-0.25, -0.2) is 0 Å². The molecule has 0 aliphatic heterocycles. The predicted octanol–water partition coefficient (Wildman–Crippen LogP) is 5.10. The summed E-state index contributed by atoms with van der Waals surface area (Å²) in [4.78, 5) is 14.4. The molecule has 166 valence electrons. The number of hydrogen-bond donors (Lipinski definition) is 0. The number of rotatable bonds is 10. The number of amides is 1. The van der Waals surface area contributed by atoms with E-state index in [0.29, 0.717) is 11.1 Å². The molecule has 1 fully saturated rings. The Hall–Kier alpha value is -3.23. The smallest absolute Gasteiger partial charge is 0.387 e. The van der Waals surface area contributed by atoms with Crippen LogP contribution < -0.4 is 14.2 Å². The van der Waals surface area contributed by atoms with Crippen molar-refractivity contribution in [3.63, 3.8) is 0 Å². The fraction of sp³-hybridized carbons (Fsp3) is 0.318. The van der Waals surface area contributed by atoms with Gasteiger partial charge in [0.25, 0.3) is 0 Å². The molecular weight excluding hydrogens is 418 g/mol. The molecule has 0 heterocycles. The van der Waals surface area contributed by atoms with Crippen molar-refractivity contribution < 1.29 is 36.6 Å². The minimum Gasteiger partial charge on any atom is -0.493 e. The van der Waals surface area contributed by atoms with Crippen LogP contribution >= 0.6 is 0 Å². The van der Waals surface area contributed by atoms with Gasteiger partial charge < -0.3 is 19.1 Å². The van der Waals surface area contributed by atoms with Crippen molar-refractivity contribution in [2.45, 2.75) is 38.7 Å². The van der Waals surface area contributed by atoms with E-state index in [1.807, 2.05) is 0 Å². The summed E-state index contributed by atoms with van der Waals surface area (Å²) < 4.78 is 64.1. The minimum absolute atomic E-state index is 0.0288. The predicted molar refractivity (Wildman–Crippen MR) is 105 cm³/mol. The number of hydrogen-bond acceptors (Lipinski definition) is 4. The van der Waals surface area contributed by atoms with Gasteiger partial charge in [-0.2, -0.15) is 17.6 Å². The Bertz CT molecular complexity index is 931. The third-order valence-corrected chi connectivity index (χ3v) is 4.61. The number of nitrogens with zero attached hydrogens (tertiary/aromatic N) is 1. The highest BCUT2D eigenvalue weighted by Crippen LogP contribution is 2.33. The van der Waals surface area contributed by atoms with Gasteiger partial charge in [0.2, 0.25) is 5.91 Å². The molecule has 0 saturated heterocycles. The molecule has 1 aliphatic carbocycles. The van der Waals surface area contributed by atoms with Crippen molar-refractivity contribution in [3.8, 4) is 17.2 Å². The summed E-state index contributed by atoms with van der Waals surface area (Å²) >= 11 is 0. The molecule has 0 aromatic heterocycles. The SMILES string of the molecule is COc1cc(CN(C(=O)/C=C/c2ccccc2OC(F)F)C2CC2)ccc1OC(F)F. The van der Waals surface area contributed by atoms with Crippen LogP contribution in [-0.2, 0) is 11.3 Å². The molecule has 0 spiro atoms. The van der Waals surface area contributed by atoms with E-state index in [9.17, 15) is 22.4 Å². The van der Waals surface area contributed by atoms with Crippen LogP contribution in [0.4, 0.5) is 17.6 Å². The molecule has 9 heteroatoms. The molecule has 1 amide bonds. The number of methoxy groups -OCH3 is 1. The van der Waals surface area contributed by atoms with Crippen LogP contribution in [0.2, 0.25) is 0 Å². The number of ether oxygens (including phenoxy) is 3. The third kappa shape index (κ3) is 6.37. The average molecular weight is 439 g/mol. The Labute approximate surface area is 176 Å². The maximum atomic E-state index is 12.8. The number of halogens is 4. The lowest BCUT2D eigenvalue weighted by Gasteiger charge is -2.22. The fourth-order valence-corrected chi connectivity index (χ4v) is 3.05. The standard InChI is InChI=1S/C22H21F4NO4/c1-29-19-12-14(6-10-18(19)31-22(25)26)13-27(16-8-9-16)20(28)11-7-15-4-2-3-5-17(15)30-21(23)24/h2-7,10-12,16,21-22H,8-9,13H2,1H3/b11-7+. The van der Waals surface area contributed by atoms with Crippen molar-refractivity contribution >= 4 is 12.0 Å². The normalized spacial score (nSPS) is 13.6. The first-order chi connectivity index (χ1) is 14.9. The summed E-state index contributed by atoms with van der Waals surface area (Å²) in [5.74, 6) is -0.296. The van der Waals surface area contributed by atoms with Crippen LogP contribution in [0.1, 0.15) is 24.0 Å². The largest absolute Gasteiger partial charge is 0.493 e. The summed E-state index contributed by atoms with van der Waals surface area (Å²) in [6, 6.07) is 10.7. The number of carbonyl (C=O) groups excluding carboxylic acids is 1. The molecule has 3 rings (SSSR count). The Morgan fingerprint density at radius 2 is 1.71 bits per heavy atom. The Morgan fingerprint density at radius 3 is 2.35 bits per heavy atom. The molecule has 5 nitrogen and oxygen atoms in total. The maximum absolute atomic E-state index is 12.8. The van der Waals surface area contributed by atoms with Gasteiger partial charge in [0.15, 0.2) is 11.5 Å². The maximum Gasteiger partial charge on any atom is 0.387 e. The zero-order valence-corrected chi connectivity index (χ0v) is 16.6. The molecule has 2 aromatic rings. The topological polar surface area (TPSA) is 48.0 Å². The Balaban J connectivity index is 1.75. The van der Waals surface area contributed by atoms with Crippen LogP contribution in [0.15, 0.2) is 48.5 Å². The molecule has 0 atom stereocenters. The van der Waals surface area contributed by atoms with E-state index >= 15 is 0 Å². The number of para-hydroxylation sites is 1.